The highest BCUT2D eigenvalue weighted by Crippen LogP contribution is 2.35. The normalized spacial score (nSPS) is 11.3. The number of nitrogens with zero attached hydrogens (tertiary/aromatic N) is 2. The van der Waals surface area contributed by atoms with Crippen molar-refractivity contribution in [3.05, 3.63) is 28.6 Å². The van der Waals surface area contributed by atoms with E-state index in [2.05, 4.69) is 9.72 Å². The number of rotatable bonds is 3. The zero-order chi connectivity index (χ0) is 15.5. The van der Waals surface area contributed by atoms with Gasteiger partial charge < -0.3 is 4.74 Å². The fourth-order valence-corrected chi connectivity index (χ4v) is 1.42. The van der Waals surface area contributed by atoms with E-state index in [4.69, 9.17) is 5.26 Å². The maximum Gasteiger partial charge on any atom is 0.434 e. The number of carbonyl (C=O) groups excluding carboxylic acids is 1. The average Bonchev–Trinajstić information content (AvgIpc) is 2.36. The van der Waals surface area contributed by atoms with E-state index in [0.29, 0.717) is 6.07 Å². The first-order valence-corrected chi connectivity index (χ1v) is 5.19. The average molecular weight is 294 g/mol. The number of hydrogen-bond acceptors (Lipinski definition) is 4. The smallest absolute Gasteiger partial charge is 0.434 e. The molecule has 0 aliphatic carbocycles. The summed E-state index contributed by atoms with van der Waals surface area (Å²) in [5.41, 5.74) is -5.32. The van der Waals surface area contributed by atoms with Crippen molar-refractivity contribution in [2.24, 2.45) is 0 Å². The Labute approximate surface area is 109 Å². The summed E-state index contributed by atoms with van der Waals surface area (Å²) in [4.78, 5) is 14.3. The Morgan fingerprint density at radius 1 is 1.50 bits per heavy atom. The van der Waals surface area contributed by atoms with Gasteiger partial charge in [-0.15, -0.1) is 0 Å². The maximum atomic E-state index is 12.8. The summed E-state index contributed by atoms with van der Waals surface area (Å²) in [5.74, 6) is -1.56. The van der Waals surface area contributed by atoms with Crippen LogP contribution in [0.5, 0.6) is 0 Å². The van der Waals surface area contributed by atoms with Crippen LogP contribution in [0.3, 0.4) is 0 Å². The highest BCUT2D eigenvalue weighted by atomic mass is 19.4. The van der Waals surface area contributed by atoms with E-state index in [1.807, 2.05) is 0 Å². The third kappa shape index (κ3) is 3.20. The van der Waals surface area contributed by atoms with Crippen molar-refractivity contribution in [3.63, 3.8) is 0 Å². The van der Waals surface area contributed by atoms with Gasteiger partial charge in [-0.1, -0.05) is 0 Å². The lowest BCUT2D eigenvalue weighted by Crippen LogP contribution is -2.20. The minimum Gasteiger partial charge on any atom is -0.462 e. The quantitative estimate of drug-likeness (QED) is 0.635. The van der Waals surface area contributed by atoms with Gasteiger partial charge in [0.15, 0.2) is 5.69 Å². The van der Waals surface area contributed by atoms with Crippen molar-refractivity contribution in [1.29, 1.82) is 5.26 Å². The van der Waals surface area contributed by atoms with E-state index in [-0.39, 0.29) is 6.61 Å². The molecule has 0 aliphatic rings. The molecule has 0 bridgehead atoms. The molecular weight excluding hydrogens is 287 g/mol. The molecule has 0 saturated heterocycles. The molecular formula is C11H7F5N2O2. The highest BCUT2D eigenvalue weighted by molar-refractivity contribution is 5.92. The van der Waals surface area contributed by atoms with Crippen molar-refractivity contribution in [2.75, 3.05) is 6.61 Å². The first-order chi connectivity index (χ1) is 9.22. The van der Waals surface area contributed by atoms with E-state index in [9.17, 15) is 26.7 Å². The van der Waals surface area contributed by atoms with Gasteiger partial charge in [0.25, 0.3) is 6.43 Å². The van der Waals surface area contributed by atoms with E-state index >= 15 is 0 Å². The summed E-state index contributed by atoms with van der Waals surface area (Å²) in [6.07, 6.45) is -8.55. The summed E-state index contributed by atoms with van der Waals surface area (Å²) < 4.78 is 68.3. The number of ether oxygens (including phenoxy) is 1. The zero-order valence-electron chi connectivity index (χ0n) is 9.96. The van der Waals surface area contributed by atoms with Crippen LogP contribution in [0.4, 0.5) is 22.0 Å². The minimum absolute atomic E-state index is 0.293. The molecule has 108 valence electrons. The van der Waals surface area contributed by atoms with E-state index in [1.165, 1.54) is 13.0 Å². The largest absolute Gasteiger partial charge is 0.462 e. The van der Waals surface area contributed by atoms with Gasteiger partial charge in [-0.3, -0.25) is 0 Å². The van der Waals surface area contributed by atoms with Gasteiger partial charge in [0, 0.05) is 5.56 Å². The van der Waals surface area contributed by atoms with Crippen LogP contribution in [0.2, 0.25) is 0 Å². The molecule has 0 radical (unpaired) electrons. The van der Waals surface area contributed by atoms with E-state index in [0.717, 1.165) is 0 Å². The monoisotopic (exact) mass is 294 g/mol. The molecule has 0 fully saturated rings. The number of esters is 1. The van der Waals surface area contributed by atoms with Gasteiger partial charge in [0.2, 0.25) is 0 Å². The molecule has 1 heterocycles. The second-order valence-corrected chi connectivity index (χ2v) is 3.45. The molecule has 0 aromatic carbocycles. The van der Waals surface area contributed by atoms with E-state index < -0.39 is 41.1 Å². The first-order valence-electron chi connectivity index (χ1n) is 5.19. The Kier molecular flexibility index (Phi) is 4.60. The third-order valence-corrected chi connectivity index (χ3v) is 2.15. The van der Waals surface area contributed by atoms with Crippen molar-refractivity contribution < 1.29 is 31.5 Å². The van der Waals surface area contributed by atoms with Crippen LogP contribution in [0.15, 0.2) is 6.07 Å². The summed E-state index contributed by atoms with van der Waals surface area (Å²) in [5, 5.41) is 8.53. The summed E-state index contributed by atoms with van der Waals surface area (Å²) in [6.45, 7) is 1.02. The molecule has 1 rings (SSSR count). The number of nitriles is 1. The minimum atomic E-state index is -5.17. The number of pyridine rings is 1. The topological polar surface area (TPSA) is 63.0 Å². The maximum absolute atomic E-state index is 12.8. The number of alkyl halides is 5. The molecule has 0 spiro atoms. The highest BCUT2D eigenvalue weighted by Gasteiger charge is 2.41. The van der Waals surface area contributed by atoms with Crippen LogP contribution in [0, 0.1) is 11.3 Å². The number of halogens is 5. The molecule has 0 unspecified atom stereocenters. The first kappa shape index (κ1) is 15.8. The summed E-state index contributed by atoms with van der Waals surface area (Å²) in [7, 11) is 0. The summed E-state index contributed by atoms with van der Waals surface area (Å²) in [6, 6.07) is 1.67. The van der Waals surface area contributed by atoms with Crippen LogP contribution in [0.25, 0.3) is 0 Å². The summed E-state index contributed by atoms with van der Waals surface area (Å²) >= 11 is 0. The molecule has 0 amide bonds. The van der Waals surface area contributed by atoms with Crippen LogP contribution in [-0.4, -0.2) is 17.6 Å². The SMILES string of the molecule is CCOC(=O)c1c(C(F)F)cc(C#N)nc1C(F)(F)F. The Balaban J connectivity index is 3.66. The Morgan fingerprint density at radius 2 is 2.10 bits per heavy atom. The molecule has 20 heavy (non-hydrogen) atoms. The second-order valence-electron chi connectivity index (χ2n) is 3.45. The molecule has 9 heteroatoms. The van der Waals surface area contributed by atoms with Gasteiger partial charge in [-0.25, -0.2) is 18.6 Å². The van der Waals surface area contributed by atoms with Gasteiger partial charge >= 0.3 is 12.1 Å². The van der Waals surface area contributed by atoms with Gasteiger partial charge in [-0.05, 0) is 13.0 Å². The lowest BCUT2D eigenvalue weighted by atomic mass is 10.0. The van der Waals surface area contributed by atoms with Crippen molar-refractivity contribution in [1.82, 2.24) is 4.98 Å². The van der Waals surface area contributed by atoms with Crippen molar-refractivity contribution in [2.45, 2.75) is 19.5 Å². The Hall–Kier alpha value is -2.24. The predicted molar refractivity (Wildman–Crippen MR) is 54.9 cm³/mol. The molecule has 1 aromatic heterocycles. The second kappa shape index (κ2) is 5.81. The Bertz CT molecular complexity index is 563. The molecule has 0 atom stereocenters. The standard InChI is InChI=1S/C11H7F5N2O2/c1-2-20-10(19)7-6(9(12)13)3-5(4-17)18-8(7)11(14,15)16/h3,9H,2H2,1H3. The zero-order valence-corrected chi connectivity index (χ0v) is 9.96. The lowest BCUT2D eigenvalue weighted by molar-refractivity contribution is -0.141. The van der Waals surface area contributed by atoms with Crippen molar-refractivity contribution >= 4 is 5.97 Å². The van der Waals surface area contributed by atoms with Crippen LogP contribution >= 0.6 is 0 Å². The predicted octanol–water partition coefficient (Wildman–Crippen LogP) is 3.09. The molecule has 0 N–H and O–H groups in total. The van der Waals surface area contributed by atoms with E-state index in [1.54, 1.807) is 0 Å². The molecule has 1 aromatic rings. The lowest BCUT2D eigenvalue weighted by Gasteiger charge is -2.15. The fourth-order valence-electron chi connectivity index (χ4n) is 1.42. The Morgan fingerprint density at radius 3 is 2.50 bits per heavy atom. The third-order valence-electron chi connectivity index (χ3n) is 2.15. The van der Waals surface area contributed by atoms with Gasteiger partial charge in [0.1, 0.15) is 11.8 Å². The number of aromatic nitrogens is 1. The molecule has 4 nitrogen and oxygen atoms in total. The van der Waals surface area contributed by atoms with Gasteiger partial charge in [-0.2, -0.15) is 18.4 Å². The van der Waals surface area contributed by atoms with Crippen LogP contribution in [-0.2, 0) is 10.9 Å². The molecule has 0 aliphatic heterocycles. The van der Waals surface area contributed by atoms with Crippen LogP contribution in [0.1, 0.15) is 40.7 Å². The fraction of sp³-hybridized carbons (Fsp3) is 0.364. The van der Waals surface area contributed by atoms with Gasteiger partial charge in [0.05, 0.1) is 12.2 Å². The van der Waals surface area contributed by atoms with Crippen molar-refractivity contribution in [3.8, 4) is 6.07 Å². The number of carbonyl (C=O) groups is 1. The molecule has 0 saturated carbocycles. The van der Waals surface area contributed by atoms with Crippen LogP contribution < -0.4 is 0 Å². The number of hydrogen-bond donors (Lipinski definition) is 0.